The molecule has 0 saturated carbocycles. The van der Waals surface area contributed by atoms with Crippen LogP contribution < -0.4 is 15.2 Å². The van der Waals surface area contributed by atoms with Gasteiger partial charge in [-0.1, -0.05) is 12.1 Å². The van der Waals surface area contributed by atoms with Gasteiger partial charge in [-0.3, -0.25) is 0 Å². The Balaban J connectivity index is 0.00000112. The summed E-state index contributed by atoms with van der Waals surface area (Å²) in [5.74, 6) is 0.0669. The number of rotatable bonds is 1. The van der Waals surface area contributed by atoms with Crippen molar-refractivity contribution in [2.45, 2.75) is 19.3 Å². The smallest absolute Gasteiger partial charge is 0.395 e. The van der Waals surface area contributed by atoms with Gasteiger partial charge in [0.25, 0.3) is 0 Å². The van der Waals surface area contributed by atoms with Crippen LogP contribution in [0.3, 0.4) is 0 Å². The van der Waals surface area contributed by atoms with Crippen molar-refractivity contribution in [2.24, 2.45) is 5.73 Å². The third-order valence-corrected chi connectivity index (χ3v) is 1.95. The molecule has 0 saturated heterocycles. The molecule has 0 radical (unpaired) electrons. The van der Waals surface area contributed by atoms with Gasteiger partial charge in [0.05, 0.1) is 0 Å². The van der Waals surface area contributed by atoms with E-state index in [0.717, 1.165) is 0 Å². The number of para-hydroxylation sites is 1. The van der Waals surface area contributed by atoms with Crippen LogP contribution in [0.5, 0.6) is 11.5 Å². The monoisotopic (exact) mass is 237 g/mol. The predicted octanol–water partition coefficient (Wildman–Crippen LogP) is 2.45. The minimum atomic E-state index is -3.58. The van der Waals surface area contributed by atoms with Crippen LogP contribution in [-0.2, 0) is 0 Å². The topological polar surface area (TPSA) is 44.5 Å². The van der Waals surface area contributed by atoms with Crippen molar-refractivity contribution in [2.75, 3.05) is 0 Å². The standard InChI is InChI=1S/C9H9F2NO2.ClH/c1-5(12)6-3-2-4-7-8(6)14-9(10,11)13-7;/h2-5H,12H2,1H3;1H/t5-;/m1./s1. The summed E-state index contributed by atoms with van der Waals surface area (Å²) >= 11 is 0. The van der Waals surface area contributed by atoms with E-state index in [1.807, 2.05) is 0 Å². The summed E-state index contributed by atoms with van der Waals surface area (Å²) in [6, 6.07) is 4.28. The molecule has 0 unspecified atom stereocenters. The fourth-order valence-corrected chi connectivity index (χ4v) is 1.35. The fraction of sp³-hybridized carbons (Fsp3) is 0.333. The lowest BCUT2D eigenvalue weighted by Gasteiger charge is -2.09. The fourth-order valence-electron chi connectivity index (χ4n) is 1.35. The number of nitrogens with two attached hydrogens (primary N) is 1. The first-order valence-electron chi connectivity index (χ1n) is 4.14. The highest BCUT2D eigenvalue weighted by molar-refractivity contribution is 5.85. The van der Waals surface area contributed by atoms with Crippen LogP contribution in [0.4, 0.5) is 8.78 Å². The molecule has 3 nitrogen and oxygen atoms in total. The number of halogens is 3. The quantitative estimate of drug-likeness (QED) is 0.816. The van der Waals surface area contributed by atoms with Crippen molar-refractivity contribution in [3.8, 4) is 11.5 Å². The highest BCUT2D eigenvalue weighted by Crippen LogP contribution is 2.44. The molecule has 1 aliphatic rings. The highest BCUT2D eigenvalue weighted by atomic mass is 35.5. The second kappa shape index (κ2) is 3.83. The zero-order valence-electron chi connectivity index (χ0n) is 7.87. The Morgan fingerprint density at radius 1 is 1.33 bits per heavy atom. The number of hydrogen-bond donors (Lipinski definition) is 1. The first-order chi connectivity index (χ1) is 6.49. The average molecular weight is 238 g/mol. The molecule has 1 atom stereocenters. The van der Waals surface area contributed by atoms with Crippen molar-refractivity contribution in [3.63, 3.8) is 0 Å². The Bertz CT molecular complexity index is 371. The Kier molecular flexibility index (Phi) is 3.06. The number of benzene rings is 1. The van der Waals surface area contributed by atoms with Crippen molar-refractivity contribution in [1.82, 2.24) is 0 Å². The van der Waals surface area contributed by atoms with Crippen LogP contribution in [0.15, 0.2) is 18.2 Å². The van der Waals surface area contributed by atoms with Gasteiger partial charge in [-0.2, -0.15) is 0 Å². The van der Waals surface area contributed by atoms with E-state index in [1.165, 1.54) is 6.07 Å². The minimum Gasteiger partial charge on any atom is -0.395 e. The molecule has 1 aromatic rings. The maximum Gasteiger partial charge on any atom is 0.586 e. The molecule has 0 amide bonds. The SMILES string of the molecule is C[C@@H](N)c1cccc2c1OC(F)(F)O2.Cl. The van der Waals surface area contributed by atoms with Gasteiger partial charge in [0.2, 0.25) is 0 Å². The third-order valence-electron chi connectivity index (χ3n) is 1.95. The van der Waals surface area contributed by atoms with E-state index in [9.17, 15) is 8.78 Å². The zero-order chi connectivity index (χ0) is 10.3. The van der Waals surface area contributed by atoms with Crippen LogP contribution in [0.2, 0.25) is 0 Å². The summed E-state index contributed by atoms with van der Waals surface area (Å²) in [5, 5.41) is 0. The summed E-state index contributed by atoms with van der Waals surface area (Å²) in [4.78, 5) is 0. The predicted molar refractivity (Wildman–Crippen MR) is 52.5 cm³/mol. The molecular weight excluding hydrogens is 228 g/mol. The maximum absolute atomic E-state index is 12.7. The van der Waals surface area contributed by atoms with Crippen LogP contribution >= 0.6 is 12.4 Å². The molecule has 6 heteroatoms. The largest absolute Gasteiger partial charge is 0.586 e. The first kappa shape index (κ1) is 12.0. The number of alkyl halides is 2. The van der Waals surface area contributed by atoms with E-state index in [1.54, 1.807) is 19.1 Å². The molecule has 0 spiro atoms. The summed E-state index contributed by atoms with van der Waals surface area (Å²) in [6.45, 7) is 1.69. The second-order valence-electron chi connectivity index (χ2n) is 3.13. The van der Waals surface area contributed by atoms with Gasteiger partial charge in [-0.15, -0.1) is 21.2 Å². The number of hydrogen-bond acceptors (Lipinski definition) is 3. The molecule has 1 heterocycles. The molecule has 0 fully saturated rings. The molecular formula is C9H10ClF2NO2. The van der Waals surface area contributed by atoms with E-state index in [0.29, 0.717) is 5.56 Å². The minimum absolute atomic E-state index is 0. The molecule has 15 heavy (non-hydrogen) atoms. The van der Waals surface area contributed by atoms with E-state index in [2.05, 4.69) is 9.47 Å². The summed E-state index contributed by atoms with van der Waals surface area (Å²) in [6.07, 6.45) is -3.58. The lowest BCUT2D eigenvalue weighted by molar-refractivity contribution is -0.287. The van der Waals surface area contributed by atoms with Gasteiger partial charge >= 0.3 is 6.29 Å². The molecule has 84 valence electrons. The molecule has 2 rings (SSSR count). The van der Waals surface area contributed by atoms with Crippen LogP contribution in [0.1, 0.15) is 18.5 Å². The zero-order valence-corrected chi connectivity index (χ0v) is 8.68. The van der Waals surface area contributed by atoms with Gasteiger partial charge < -0.3 is 15.2 Å². The van der Waals surface area contributed by atoms with Crippen molar-refractivity contribution < 1.29 is 18.3 Å². The summed E-state index contributed by atoms with van der Waals surface area (Å²) in [5.41, 5.74) is 6.11. The molecule has 2 N–H and O–H groups in total. The van der Waals surface area contributed by atoms with Gasteiger partial charge in [0.15, 0.2) is 11.5 Å². The molecule has 0 aromatic heterocycles. The third kappa shape index (κ3) is 2.13. The first-order valence-corrected chi connectivity index (χ1v) is 4.14. The highest BCUT2D eigenvalue weighted by Gasteiger charge is 2.44. The van der Waals surface area contributed by atoms with Crippen LogP contribution in [0, 0.1) is 0 Å². The Morgan fingerprint density at radius 3 is 2.60 bits per heavy atom. The molecule has 0 bridgehead atoms. The molecule has 0 aliphatic carbocycles. The van der Waals surface area contributed by atoms with Gasteiger partial charge in [-0.05, 0) is 13.0 Å². The normalized spacial score (nSPS) is 18.1. The van der Waals surface area contributed by atoms with Crippen molar-refractivity contribution >= 4 is 12.4 Å². The Labute approximate surface area is 91.6 Å². The van der Waals surface area contributed by atoms with Crippen LogP contribution in [-0.4, -0.2) is 6.29 Å². The maximum atomic E-state index is 12.7. The van der Waals surface area contributed by atoms with Crippen molar-refractivity contribution in [1.29, 1.82) is 0 Å². The van der Waals surface area contributed by atoms with E-state index in [4.69, 9.17) is 5.73 Å². The molecule has 1 aromatic carbocycles. The lowest BCUT2D eigenvalue weighted by Crippen LogP contribution is -2.26. The number of fused-ring (bicyclic) bond motifs is 1. The van der Waals surface area contributed by atoms with Gasteiger partial charge in [-0.25, -0.2) is 0 Å². The average Bonchev–Trinajstić information content (AvgIpc) is 2.36. The summed E-state index contributed by atoms with van der Waals surface area (Å²) in [7, 11) is 0. The lowest BCUT2D eigenvalue weighted by atomic mass is 10.1. The van der Waals surface area contributed by atoms with Crippen LogP contribution in [0.25, 0.3) is 0 Å². The molecule has 1 aliphatic heterocycles. The van der Waals surface area contributed by atoms with E-state index < -0.39 is 6.29 Å². The summed E-state index contributed by atoms with van der Waals surface area (Å²) < 4.78 is 34.0. The Morgan fingerprint density at radius 2 is 2.00 bits per heavy atom. The van der Waals surface area contributed by atoms with Gasteiger partial charge in [0.1, 0.15) is 0 Å². The van der Waals surface area contributed by atoms with E-state index in [-0.39, 0.29) is 29.9 Å². The van der Waals surface area contributed by atoms with Crippen molar-refractivity contribution in [3.05, 3.63) is 23.8 Å². The van der Waals surface area contributed by atoms with E-state index >= 15 is 0 Å². The Hall–Kier alpha value is -1.07. The second-order valence-corrected chi connectivity index (χ2v) is 3.13. The number of ether oxygens (including phenoxy) is 2. The van der Waals surface area contributed by atoms with Gasteiger partial charge in [0, 0.05) is 11.6 Å².